The van der Waals surface area contributed by atoms with E-state index in [-0.39, 0.29) is 24.4 Å². The number of amides is 1. The summed E-state index contributed by atoms with van der Waals surface area (Å²) in [5.41, 5.74) is 1.23. The predicted molar refractivity (Wildman–Crippen MR) is 116 cm³/mol. The van der Waals surface area contributed by atoms with E-state index in [4.69, 9.17) is 21.7 Å². The molecule has 0 N–H and O–H groups in total. The van der Waals surface area contributed by atoms with Gasteiger partial charge in [0.25, 0.3) is 5.91 Å². The minimum absolute atomic E-state index is 0.0493. The summed E-state index contributed by atoms with van der Waals surface area (Å²) >= 11 is 6.69. The molecule has 0 unspecified atom stereocenters. The second kappa shape index (κ2) is 9.07. The molecule has 2 aliphatic rings. The van der Waals surface area contributed by atoms with Gasteiger partial charge in [-0.15, -0.1) is 0 Å². The smallest absolute Gasteiger partial charge is 0.266 e. The molecule has 2 fully saturated rings. The van der Waals surface area contributed by atoms with Gasteiger partial charge in [-0.2, -0.15) is 0 Å². The molecule has 0 radical (unpaired) electrons. The molecule has 2 aromatic rings. The molecule has 0 spiro atoms. The summed E-state index contributed by atoms with van der Waals surface area (Å²) in [5.74, 6) is 0.166. The molecule has 0 saturated carbocycles. The lowest BCUT2D eigenvalue weighted by atomic mass is 10.1. The Kier molecular flexibility index (Phi) is 6.28. The van der Waals surface area contributed by atoms with Gasteiger partial charge in [0.05, 0.1) is 17.6 Å². The molecule has 2 aromatic carbocycles. The first-order chi connectivity index (χ1) is 14.1. The van der Waals surface area contributed by atoms with Gasteiger partial charge in [0.1, 0.15) is 22.5 Å². The number of ether oxygens (including phenoxy) is 2. The van der Waals surface area contributed by atoms with Gasteiger partial charge in [-0.25, -0.2) is 4.39 Å². The van der Waals surface area contributed by atoms with Crippen molar-refractivity contribution in [3.8, 4) is 5.75 Å². The Morgan fingerprint density at radius 1 is 1.24 bits per heavy atom. The molecule has 1 atom stereocenters. The van der Waals surface area contributed by atoms with Crippen LogP contribution in [0.4, 0.5) is 4.39 Å². The number of carbonyl (C=O) groups excluding carboxylic acids is 1. The highest BCUT2D eigenvalue weighted by Crippen LogP contribution is 2.35. The van der Waals surface area contributed by atoms with Crippen molar-refractivity contribution in [2.24, 2.45) is 0 Å². The van der Waals surface area contributed by atoms with E-state index < -0.39 is 0 Å². The maximum absolute atomic E-state index is 13.9. The third-order valence-electron chi connectivity index (χ3n) is 4.83. The summed E-state index contributed by atoms with van der Waals surface area (Å²) in [4.78, 5) is 15.0. The monoisotopic (exact) mass is 429 g/mol. The van der Waals surface area contributed by atoms with Crippen LogP contribution in [0.2, 0.25) is 0 Å². The van der Waals surface area contributed by atoms with E-state index in [2.05, 4.69) is 0 Å². The van der Waals surface area contributed by atoms with Crippen molar-refractivity contribution < 1.29 is 18.7 Å². The van der Waals surface area contributed by atoms with Crippen molar-refractivity contribution in [3.05, 3.63) is 70.4 Å². The van der Waals surface area contributed by atoms with E-state index in [0.717, 1.165) is 25.0 Å². The summed E-state index contributed by atoms with van der Waals surface area (Å²) in [6.45, 7) is 1.34. The number of nitrogens with zero attached hydrogens (tertiary/aromatic N) is 1. The minimum Gasteiger partial charge on any atom is -0.488 e. The second-order valence-corrected chi connectivity index (χ2v) is 8.52. The third-order valence-corrected chi connectivity index (χ3v) is 6.21. The largest absolute Gasteiger partial charge is 0.488 e. The molecule has 150 valence electrons. The predicted octanol–water partition coefficient (Wildman–Crippen LogP) is 4.78. The van der Waals surface area contributed by atoms with Crippen molar-refractivity contribution in [1.82, 2.24) is 4.90 Å². The van der Waals surface area contributed by atoms with Crippen LogP contribution < -0.4 is 4.74 Å². The number of hydrogen-bond donors (Lipinski definition) is 0. The Morgan fingerprint density at radius 2 is 2.03 bits per heavy atom. The van der Waals surface area contributed by atoms with Crippen LogP contribution in [0.15, 0.2) is 53.4 Å². The molecule has 0 aromatic heterocycles. The van der Waals surface area contributed by atoms with Crippen LogP contribution in [0.5, 0.6) is 5.75 Å². The van der Waals surface area contributed by atoms with Crippen molar-refractivity contribution in [1.29, 1.82) is 0 Å². The van der Waals surface area contributed by atoms with Crippen LogP contribution in [0.3, 0.4) is 0 Å². The molecule has 2 aliphatic heterocycles. The van der Waals surface area contributed by atoms with Crippen LogP contribution in [0.25, 0.3) is 6.08 Å². The van der Waals surface area contributed by atoms with Gasteiger partial charge >= 0.3 is 0 Å². The fraction of sp³-hybridized carbons (Fsp3) is 0.273. The number of rotatable bonds is 6. The highest BCUT2D eigenvalue weighted by atomic mass is 32.2. The van der Waals surface area contributed by atoms with E-state index in [1.54, 1.807) is 35.2 Å². The van der Waals surface area contributed by atoms with Crippen molar-refractivity contribution >= 4 is 40.3 Å². The van der Waals surface area contributed by atoms with Crippen LogP contribution in [0, 0.1) is 5.82 Å². The summed E-state index contributed by atoms with van der Waals surface area (Å²) in [7, 11) is 0. The SMILES string of the molecule is O=C1/C(=C/c2ccccc2OCc2ccccc2F)SC(=S)N1C[C@H]1CCCO1. The topological polar surface area (TPSA) is 38.8 Å². The van der Waals surface area contributed by atoms with E-state index >= 15 is 0 Å². The van der Waals surface area contributed by atoms with Gasteiger partial charge in [-0.1, -0.05) is 60.4 Å². The van der Waals surface area contributed by atoms with Crippen molar-refractivity contribution in [2.45, 2.75) is 25.6 Å². The normalized spacial score (nSPS) is 20.7. The van der Waals surface area contributed by atoms with E-state index in [9.17, 15) is 9.18 Å². The lowest BCUT2D eigenvalue weighted by molar-refractivity contribution is -0.123. The van der Waals surface area contributed by atoms with Crippen LogP contribution in [-0.4, -0.2) is 34.4 Å². The van der Waals surface area contributed by atoms with Gasteiger partial charge in [0.2, 0.25) is 0 Å². The maximum atomic E-state index is 13.9. The molecule has 0 bridgehead atoms. The first-order valence-corrected chi connectivity index (χ1v) is 10.7. The number of carbonyl (C=O) groups is 1. The van der Waals surface area contributed by atoms with E-state index in [0.29, 0.717) is 27.1 Å². The quantitative estimate of drug-likeness (QED) is 0.488. The fourth-order valence-electron chi connectivity index (χ4n) is 3.29. The second-order valence-electron chi connectivity index (χ2n) is 6.85. The molecule has 1 amide bonds. The zero-order valence-electron chi connectivity index (χ0n) is 15.7. The molecule has 2 saturated heterocycles. The Hall–Kier alpha value is -2.22. The fourth-order valence-corrected chi connectivity index (χ4v) is 4.56. The maximum Gasteiger partial charge on any atom is 0.266 e. The van der Waals surface area contributed by atoms with Gasteiger partial charge in [0, 0.05) is 17.7 Å². The number of benzene rings is 2. The summed E-state index contributed by atoms with van der Waals surface area (Å²) < 4.78 is 25.9. The number of thioether (sulfide) groups is 1. The van der Waals surface area contributed by atoms with Crippen LogP contribution in [0.1, 0.15) is 24.0 Å². The standard InChI is InChI=1S/C22H20FNO3S2/c23-18-9-3-1-7-16(18)14-27-19-10-4-2-6-15(19)12-20-21(25)24(22(28)29-20)13-17-8-5-11-26-17/h1-4,6-7,9-10,12,17H,5,8,11,13-14H2/b20-12-/t17-/m1/s1. The molecule has 4 rings (SSSR count). The van der Waals surface area contributed by atoms with Crippen molar-refractivity contribution in [2.75, 3.05) is 13.2 Å². The average molecular weight is 430 g/mol. The number of halogens is 1. The lowest BCUT2D eigenvalue weighted by Gasteiger charge is -2.18. The third kappa shape index (κ3) is 4.69. The van der Waals surface area contributed by atoms with E-state index in [1.165, 1.54) is 17.8 Å². The molecule has 0 aliphatic carbocycles. The first kappa shape index (κ1) is 20.1. The molecule has 29 heavy (non-hydrogen) atoms. The molecular formula is C22H20FNO3S2. The highest BCUT2D eigenvalue weighted by Gasteiger charge is 2.34. The average Bonchev–Trinajstić information content (AvgIpc) is 3.33. The van der Waals surface area contributed by atoms with Crippen LogP contribution >= 0.6 is 24.0 Å². The zero-order chi connectivity index (χ0) is 20.2. The van der Waals surface area contributed by atoms with Gasteiger partial charge in [-0.3, -0.25) is 9.69 Å². The van der Waals surface area contributed by atoms with Gasteiger partial charge in [-0.05, 0) is 31.1 Å². The molecular weight excluding hydrogens is 409 g/mol. The number of thiocarbonyl (C=S) groups is 1. The van der Waals surface area contributed by atoms with Crippen LogP contribution in [-0.2, 0) is 16.1 Å². The Labute approximate surface area is 178 Å². The highest BCUT2D eigenvalue weighted by molar-refractivity contribution is 8.26. The summed E-state index contributed by atoms with van der Waals surface area (Å²) in [6, 6.07) is 13.9. The van der Waals surface area contributed by atoms with E-state index in [1.807, 2.05) is 18.2 Å². The lowest BCUT2D eigenvalue weighted by Crippen LogP contribution is -2.35. The van der Waals surface area contributed by atoms with Gasteiger partial charge < -0.3 is 9.47 Å². The Bertz CT molecular complexity index is 957. The first-order valence-electron chi connectivity index (χ1n) is 9.44. The number of hydrogen-bond acceptors (Lipinski definition) is 5. The number of para-hydroxylation sites is 1. The summed E-state index contributed by atoms with van der Waals surface area (Å²) in [6.07, 6.45) is 3.80. The molecule has 2 heterocycles. The Morgan fingerprint density at radius 3 is 2.83 bits per heavy atom. The van der Waals surface area contributed by atoms with Crippen molar-refractivity contribution in [3.63, 3.8) is 0 Å². The summed E-state index contributed by atoms with van der Waals surface area (Å²) in [5, 5.41) is 0. The minimum atomic E-state index is -0.306. The molecule has 4 nitrogen and oxygen atoms in total. The zero-order valence-corrected chi connectivity index (χ0v) is 17.3. The Balaban J connectivity index is 1.50. The molecule has 7 heteroatoms. The van der Waals surface area contributed by atoms with Gasteiger partial charge in [0.15, 0.2) is 0 Å².